The molecule has 2 heterocycles. The van der Waals surface area contributed by atoms with E-state index < -0.39 is 4.92 Å². The van der Waals surface area contributed by atoms with E-state index in [1.54, 1.807) is 12.1 Å². The number of hydrogen-bond donors (Lipinski definition) is 0. The zero-order valence-corrected chi connectivity index (χ0v) is 19.2. The maximum absolute atomic E-state index is 11.0. The van der Waals surface area contributed by atoms with E-state index in [4.69, 9.17) is 21.7 Å². The molecular weight excluding hydrogens is 414 g/mol. The normalized spacial score (nSPS) is 19.6. The molecule has 0 spiro atoms. The lowest BCUT2D eigenvalue weighted by Gasteiger charge is -2.36. The molecule has 1 aromatic carbocycles. The van der Waals surface area contributed by atoms with Crippen LogP contribution in [0.2, 0.25) is 5.15 Å². The second-order valence-corrected chi connectivity index (χ2v) is 9.83. The van der Waals surface area contributed by atoms with Gasteiger partial charge in [-0.15, -0.1) is 5.10 Å². The molecule has 164 valence electrons. The van der Waals surface area contributed by atoms with E-state index in [0.717, 1.165) is 42.2 Å². The largest absolute Gasteiger partial charge is 0.269 e. The summed E-state index contributed by atoms with van der Waals surface area (Å²) >= 11 is 6.59. The molecule has 1 saturated carbocycles. The molecule has 0 aliphatic heterocycles. The summed E-state index contributed by atoms with van der Waals surface area (Å²) in [5, 5.41) is 16.1. The highest BCUT2D eigenvalue weighted by molar-refractivity contribution is 6.32. The summed E-state index contributed by atoms with van der Waals surface area (Å²) in [6, 6.07) is 6.22. The second-order valence-electron chi connectivity index (χ2n) is 9.48. The van der Waals surface area contributed by atoms with E-state index in [-0.39, 0.29) is 5.69 Å². The van der Waals surface area contributed by atoms with Gasteiger partial charge < -0.3 is 0 Å². The minimum Gasteiger partial charge on any atom is -0.258 e. The second kappa shape index (κ2) is 8.19. The van der Waals surface area contributed by atoms with Crippen molar-refractivity contribution in [2.75, 3.05) is 0 Å². The number of nitro groups is 1. The molecule has 7 nitrogen and oxygen atoms in total. The zero-order valence-electron chi connectivity index (χ0n) is 18.4. The lowest BCUT2D eigenvalue weighted by Crippen LogP contribution is -2.26. The average molecular weight is 442 g/mol. The standard InChI is InChI=1S/C23H28ClN5O2/c1-5-18-19-20(24)26-21(14-8-12-17(13-9-14)29(30)31)27-28(19)22(25-18)15-6-10-16(11-7-15)23(2,3)4/h8-9,12-13,15-16H,5-7,10-11H2,1-4H3. The monoisotopic (exact) mass is 441 g/mol. The number of fused-ring (bicyclic) bond motifs is 1. The number of rotatable bonds is 4. The Balaban J connectivity index is 1.74. The van der Waals surface area contributed by atoms with Crippen LogP contribution in [-0.4, -0.2) is 24.5 Å². The summed E-state index contributed by atoms with van der Waals surface area (Å²) in [6.07, 6.45) is 5.27. The Morgan fingerprint density at radius 2 is 1.77 bits per heavy atom. The van der Waals surface area contributed by atoms with E-state index in [1.807, 2.05) is 4.52 Å². The number of non-ortho nitro benzene ring substituents is 1. The quantitative estimate of drug-likeness (QED) is 0.353. The maximum Gasteiger partial charge on any atom is 0.269 e. The highest BCUT2D eigenvalue weighted by Crippen LogP contribution is 2.43. The Labute approximate surface area is 187 Å². The van der Waals surface area contributed by atoms with Crippen molar-refractivity contribution in [1.82, 2.24) is 19.6 Å². The van der Waals surface area contributed by atoms with Crippen LogP contribution in [0.1, 0.15) is 70.8 Å². The van der Waals surface area contributed by atoms with Gasteiger partial charge in [0.15, 0.2) is 11.0 Å². The fourth-order valence-electron chi connectivity index (χ4n) is 4.63. The van der Waals surface area contributed by atoms with Crippen LogP contribution in [0.3, 0.4) is 0 Å². The predicted octanol–water partition coefficient (Wildman–Crippen LogP) is 6.24. The molecule has 1 aliphatic rings. The molecule has 1 aliphatic carbocycles. The topological polar surface area (TPSA) is 86.2 Å². The minimum absolute atomic E-state index is 0.0307. The number of nitrogens with zero attached hydrogens (tertiary/aromatic N) is 5. The van der Waals surface area contributed by atoms with Crippen LogP contribution in [0.15, 0.2) is 24.3 Å². The van der Waals surface area contributed by atoms with Gasteiger partial charge in [0, 0.05) is 23.6 Å². The number of imidazole rings is 1. The van der Waals surface area contributed by atoms with Gasteiger partial charge in [-0.05, 0) is 55.6 Å². The molecule has 8 heteroatoms. The third-order valence-electron chi connectivity index (χ3n) is 6.53. The predicted molar refractivity (Wildman–Crippen MR) is 121 cm³/mol. The van der Waals surface area contributed by atoms with Gasteiger partial charge in [0.25, 0.3) is 5.69 Å². The van der Waals surface area contributed by atoms with E-state index in [1.165, 1.54) is 25.0 Å². The number of aryl methyl sites for hydroxylation is 1. The number of nitro benzene ring substituents is 1. The fourth-order valence-corrected chi connectivity index (χ4v) is 4.90. The van der Waals surface area contributed by atoms with Gasteiger partial charge >= 0.3 is 0 Å². The molecular formula is C23H28ClN5O2. The van der Waals surface area contributed by atoms with Crippen LogP contribution in [0.25, 0.3) is 16.9 Å². The summed E-state index contributed by atoms with van der Waals surface area (Å²) < 4.78 is 1.87. The Morgan fingerprint density at radius 1 is 1.13 bits per heavy atom. The van der Waals surface area contributed by atoms with Crippen LogP contribution in [0.5, 0.6) is 0 Å². The van der Waals surface area contributed by atoms with Crippen LogP contribution in [0.4, 0.5) is 5.69 Å². The first kappa shape index (κ1) is 21.7. The maximum atomic E-state index is 11.0. The molecule has 3 aromatic rings. The molecule has 0 atom stereocenters. The molecule has 1 fully saturated rings. The minimum atomic E-state index is -0.420. The molecule has 0 bridgehead atoms. The summed E-state index contributed by atoms with van der Waals surface area (Å²) in [4.78, 5) is 20.0. The molecule has 4 rings (SSSR count). The van der Waals surface area contributed by atoms with Gasteiger partial charge in [-0.3, -0.25) is 10.1 Å². The smallest absolute Gasteiger partial charge is 0.258 e. The number of benzene rings is 1. The SMILES string of the molecule is CCc1nc(C2CCC(C(C)(C)C)CC2)n2nc(-c3ccc([N+](=O)[O-])cc3)nc(Cl)c12. The van der Waals surface area contributed by atoms with Gasteiger partial charge in [-0.2, -0.15) is 0 Å². The lowest BCUT2D eigenvalue weighted by molar-refractivity contribution is -0.384. The van der Waals surface area contributed by atoms with Crippen molar-refractivity contribution >= 4 is 22.8 Å². The fraction of sp³-hybridized carbons (Fsp3) is 0.522. The van der Waals surface area contributed by atoms with E-state index in [2.05, 4.69) is 32.7 Å². The Bertz CT molecular complexity index is 1110. The van der Waals surface area contributed by atoms with Crippen molar-refractivity contribution in [3.63, 3.8) is 0 Å². The number of hydrogen-bond acceptors (Lipinski definition) is 5. The molecule has 0 radical (unpaired) electrons. The van der Waals surface area contributed by atoms with E-state index >= 15 is 0 Å². The molecule has 2 aromatic heterocycles. The van der Waals surface area contributed by atoms with Gasteiger partial charge in [-0.1, -0.05) is 39.3 Å². The molecule has 0 N–H and O–H groups in total. The first-order chi connectivity index (χ1) is 14.7. The summed E-state index contributed by atoms with van der Waals surface area (Å²) in [6.45, 7) is 9.02. The van der Waals surface area contributed by atoms with E-state index in [0.29, 0.717) is 27.9 Å². The van der Waals surface area contributed by atoms with Crippen molar-refractivity contribution in [2.24, 2.45) is 11.3 Å². The van der Waals surface area contributed by atoms with Crippen molar-refractivity contribution in [1.29, 1.82) is 0 Å². The van der Waals surface area contributed by atoms with Crippen molar-refractivity contribution in [3.8, 4) is 11.4 Å². The molecule has 0 amide bonds. The Hall–Kier alpha value is -2.54. The van der Waals surface area contributed by atoms with Crippen molar-refractivity contribution in [2.45, 2.75) is 65.7 Å². The first-order valence-corrected chi connectivity index (χ1v) is 11.3. The highest BCUT2D eigenvalue weighted by atomic mass is 35.5. The van der Waals surface area contributed by atoms with Crippen LogP contribution < -0.4 is 0 Å². The Morgan fingerprint density at radius 3 is 2.32 bits per heavy atom. The van der Waals surface area contributed by atoms with Crippen LogP contribution in [-0.2, 0) is 6.42 Å². The van der Waals surface area contributed by atoms with Gasteiger partial charge in [0.05, 0.1) is 10.6 Å². The Kier molecular flexibility index (Phi) is 5.73. The highest BCUT2D eigenvalue weighted by Gasteiger charge is 2.33. The van der Waals surface area contributed by atoms with Crippen molar-refractivity contribution < 1.29 is 4.92 Å². The molecule has 31 heavy (non-hydrogen) atoms. The van der Waals surface area contributed by atoms with Crippen LogP contribution in [0, 0.1) is 21.4 Å². The lowest BCUT2D eigenvalue weighted by atomic mass is 9.70. The summed E-state index contributed by atoms with van der Waals surface area (Å²) in [5.41, 5.74) is 2.71. The summed E-state index contributed by atoms with van der Waals surface area (Å²) in [7, 11) is 0. The van der Waals surface area contributed by atoms with Crippen LogP contribution >= 0.6 is 11.6 Å². The first-order valence-electron chi connectivity index (χ1n) is 10.9. The molecule has 0 unspecified atom stereocenters. The average Bonchev–Trinajstić information content (AvgIpc) is 3.12. The summed E-state index contributed by atoms with van der Waals surface area (Å²) in [5.74, 6) is 2.44. The number of aromatic nitrogens is 4. The number of halogens is 1. The van der Waals surface area contributed by atoms with Crippen molar-refractivity contribution in [3.05, 3.63) is 51.1 Å². The van der Waals surface area contributed by atoms with E-state index in [9.17, 15) is 10.1 Å². The van der Waals surface area contributed by atoms with Gasteiger partial charge in [0.1, 0.15) is 11.3 Å². The third kappa shape index (κ3) is 4.15. The molecule has 0 saturated heterocycles. The third-order valence-corrected chi connectivity index (χ3v) is 6.80. The van der Waals surface area contributed by atoms with Gasteiger partial charge in [-0.25, -0.2) is 14.5 Å². The van der Waals surface area contributed by atoms with Gasteiger partial charge in [0.2, 0.25) is 0 Å². The zero-order chi connectivity index (χ0) is 22.3.